The van der Waals surface area contributed by atoms with Crippen LogP contribution in [-0.2, 0) is 0 Å². The number of hydrogen-bond donors (Lipinski definition) is 1. The third-order valence-corrected chi connectivity index (χ3v) is 4.04. The molecular formula is C15H28N2. The first-order valence-corrected chi connectivity index (χ1v) is 7.03. The molecule has 0 aliphatic carbocycles. The van der Waals surface area contributed by atoms with E-state index in [9.17, 15) is 0 Å². The van der Waals surface area contributed by atoms with Crippen LogP contribution in [0.3, 0.4) is 0 Å². The molecule has 2 atom stereocenters. The molecule has 98 valence electrons. The fourth-order valence-electron chi connectivity index (χ4n) is 2.73. The number of nitrogens with zero attached hydrogens (tertiary/aromatic N) is 1. The summed E-state index contributed by atoms with van der Waals surface area (Å²) in [4.78, 5) is 2.62. The van der Waals surface area contributed by atoms with Crippen molar-refractivity contribution in [2.45, 2.75) is 46.1 Å². The molecule has 0 amide bonds. The van der Waals surface area contributed by atoms with Crippen LogP contribution in [0.4, 0.5) is 0 Å². The van der Waals surface area contributed by atoms with Gasteiger partial charge in [-0.25, -0.2) is 0 Å². The van der Waals surface area contributed by atoms with E-state index < -0.39 is 0 Å². The molecule has 17 heavy (non-hydrogen) atoms. The second-order valence-corrected chi connectivity index (χ2v) is 5.66. The lowest BCUT2D eigenvalue weighted by molar-refractivity contribution is 0.208. The monoisotopic (exact) mass is 236 g/mol. The molecule has 1 aliphatic heterocycles. The average Bonchev–Trinajstić information content (AvgIpc) is 2.54. The third-order valence-electron chi connectivity index (χ3n) is 4.04. The molecule has 0 aromatic rings. The summed E-state index contributed by atoms with van der Waals surface area (Å²) in [6, 6.07) is 0.606. The highest BCUT2D eigenvalue weighted by Crippen LogP contribution is 2.25. The maximum atomic E-state index is 5.24. The van der Waals surface area contributed by atoms with Crippen LogP contribution in [0.5, 0.6) is 0 Å². The highest BCUT2D eigenvalue weighted by molar-refractivity contribution is 4.87. The van der Waals surface area contributed by atoms with Crippen LogP contribution in [0.25, 0.3) is 0 Å². The average molecular weight is 236 g/mol. The molecule has 1 fully saturated rings. The predicted molar refractivity (Wildman–Crippen MR) is 74.9 cm³/mol. The van der Waals surface area contributed by atoms with Crippen molar-refractivity contribution in [3.63, 3.8) is 0 Å². The van der Waals surface area contributed by atoms with Gasteiger partial charge in [-0.1, -0.05) is 19.8 Å². The standard InChI is InChI=1S/C15H28N2/c1-5-9-16-12-14(4)17-10-6-7-15(8-11-17)13(2)3/h1,13-16H,6-12H2,2-4H3. The van der Waals surface area contributed by atoms with E-state index in [1.54, 1.807) is 0 Å². The van der Waals surface area contributed by atoms with Crippen LogP contribution in [0, 0.1) is 24.2 Å². The van der Waals surface area contributed by atoms with Gasteiger partial charge in [0.25, 0.3) is 0 Å². The Morgan fingerprint density at radius 2 is 2.06 bits per heavy atom. The summed E-state index contributed by atoms with van der Waals surface area (Å²) in [6.07, 6.45) is 9.35. The van der Waals surface area contributed by atoms with E-state index in [-0.39, 0.29) is 0 Å². The van der Waals surface area contributed by atoms with E-state index in [0.717, 1.165) is 18.4 Å². The van der Waals surface area contributed by atoms with Gasteiger partial charge in [0, 0.05) is 12.6 Å². The van der Waals surface area contributed by atoms with Crippen LogP contribution in [0.1, 0.15) is 40.0 Å². The van der Waals surface area contributed by atoms with E-state index in [2.05, 4.69) is 36.9 Å². The zero-order chi connectivity index (χ0) is 12.7. The number of nitrogens with one attached hydrogen (secondary N) is 1. The summed E-state index contributed by atoms with van der Waals surface area (Å²) in [5.74, 6) is 4.39. The maximum Gasteiger partial charge on any atom is 0.0574 e. The fourth-order valence-corrected chi connectivity index (χ4v) is 2.73. The van der Waals surface area contributed by atoms with E-state index in [0.29, 0.717) is 12.6 Å². The zero-order valence-electron chi connectivity index (χ0n) is 11.7. The van der Waals surface area contributed by atoms with Gasteiger partial charge in [0.15, 0.2) is 0 Å². The molecule has 1 rings (SSSR count). The Hall–Kier alpha value is -0.520. The number of hydrogen-bond acceptors (Lipinski definition) is 2. The Kier molecular flexibility index (Phi) is 6.62. The van der Waals surface area contributed by atoms with Crippen molar-refractivity contribution in [3.8, 4) is 12.3 Å². The SMILES string of the molecule is C#CCNCC(C)N1CCCC(C(C)C)CC1. The van der Waals surface area contributed by atoms with Crippen molar-refractivity contribution in [2.24, 2.45) is 11.8 Å². The summed E-state index contributed by atoms with van der Waals surface area (Å²) >= 11 is 0. The minimum atomic E-state index is 0.606. The largest absolute Gasteiger partial charge is 0.305 e. The molecule has 0 aromatic carbocycles. The van der Waals surface area contributed by atoms with E-state index >= 15 is 0 Å². The Labute approximate surface area is 107 Å². The molecule has 2 nitrogen and oxygen atoms in total. The lowest BCUT2D eigenvalue weighted by atomic mass is 9.89. The number of rotatable bonds is 5. The van der Waals surface area contributed by atoms with Crippen LogP contribution < -0.4 is 5.32 Å². The Morgan fingerprint density at radius 3 is 2.71 bits per heavy atom. The molecule has 2 heteroatoms. The molecule has 1 aliphatic rings. The van der Waals surface area contributed by atoms with Gasteiger partial charge in [-0.15, -0.1) is 6.42 Å². The molecule has 0 aromatic heterocycles. The second kappa shape index (κ2) is 7.74. The first-order chi connectivity index (χ1) is 8.15. The van der Waals surface area contributed by atoms with Crippen molar-refractivity contribution < 1.29 is 0 Å². The molecule has 0 spiro atoms. The van der Waals surface area contributed by atoms with Gasteiger partial charge in [-0.05, 0) is 51.1 Å². The summed E-state index contributed by atoms with van der Waals surface area (Å²) < 4.78 is 0. The third kappa shape index (κ3) is 5.10. The molecule has 1 saturated heterocycles. The molecule has 1 heterocycles. The van der Waals surface area contributed by atoms with E-state index in [1.807, 2.05) is 0 Å². The second-order valence-electron chi connectivity index (χ2n) is 5.66. The van der Waals surface area contributed by atoms with Gasteiger partial charge in [0.2, 0.25) is 0 Å². The molecule has 2 unspecified atom stereocenters. The first-order valence-electron chi connectivity index (χ1n) is 7.03. The van der Waals surface area contributed by atoms with E-state index in [1.165, 1.54) is 32.4 Å². The van der Waals surface area contributed by atoms with Gasteiger partial charge in [0.1, 0.15) is 0 Å². The van der Waals surface area contributed by atoms with Crippen LogP contribution in [0.2, 0.25) is 0 Å². The summed E-state index contributed by atoms with van der Waals surface area (Å²) in [6.45, 7) is 11.2. The van der Waals surface area contributed by atoms with Crippen molar-refractivity contribution in [2.75, 3.05) is 26.2 Å². The van der Waals surface area contributed by atoms with Gasteiger partial charge in [-0.2, -0.15) is 0 Å². The van der Waals surface area contributed by atoms with E-state index in [4.69, 9.17) is 6.42 Å². The Morgan fingerprint density at radius 1 is 1.29 bits per heavy atom. The minimum Gasteiger partial charge on any atom is -0.305 e. The summed E-state index contributed by atoms with van der Waals surface area (Å²) in [5.41, 5.74) is 0. The highest BCUT2D eigenvalue weighted by atomic mass is 15.2. The lowest BCUT2D eigenvalue weighted by Crippen LogP contribution is -2.41. The zero-order valence-corrected chi connectivity index (χ0v) is 11.7. The predicted octanol–water partition coefficient (Wildman–Crippen LogP) is 2.36. The minimum absolute atomic E-state index is 0.606. The van der Waals surface area contributed by atoms with Crippen molar-refractivity contribution in [3.05, 3.63) is 0 Å². The summed E-state index contributed by atoms with van der Waals surface area (Å²) in [5, 5.41) is 3.31. The van der Waals surface area contributed by atoms with Crippen molar-refractivity contribution >= 4 is 0 Å². The van der Waals surface area contributed by atoms with Crippen LogP contribution in [-0.4, -0.2) is 37.1 Å². The number of terminal acetylenes is 1. The maximum absolute atomic E-state index is 5.24. The number of likely N-dealkylation sites (tertiary alicyclic amines) is 1. The topological polar surface area (TPSA) is 15.3 Å². The normalized spacial score (nSPS) is 24.3. The van der Waals surface area contributed by atoms with Crippen LogP contribution >= 0.6 is 0 Å². The smallest absolute Gasteiger partial charge is 0.0574 e. The van der Waals surface area contributed by atoms with Gasteiger partial charge < -0.3 is 5.32 Å². The van der Waals surface area contributed by atoms with Gasteiger partial charge >= 0.3 is 0 Å². The lowest BCUT2D eigenvalue weighted by Gasteiger charge is -2.28. The quantitative estimate of drug-likeness (QED) is 0.582. The Bertz CT molecular complexity index is 242. The highest BCUT2D eigenvalue weighted by Gasteiger charge is 2.21. The molecule has 0 saturated carbocycles. The van der Waals surface area contributed by atoms with Crippen molar-refractivity contribution in [1.29, 1.82) is 0 Å². The molecule has 0 bridgehead atoms. The Balaban J connectivity index is 2.32. The summed E-state index contributed by atoms with van der Waals surface area (Å²) in [7, 11) is 0. The molecule has 1 N–H and O–H groups in total. The van der Waals surface area contributed by atoms with Crippen LogP contribution in [0.15, 0.2) is 0 Å². The first kappa shape index (κ1) is 14.5. The van der Waals surface area contributed by atoms with Crippen molar-refractivity contribution in [1.82, 2.24) is 10.2 Å². The molecule has 0 radical (unpaired) electrons. The van der Waals surface area contributed by atoms with Gasteiger partial charge in [0.05, 0.1) is 6.54 Å². The van der Waals surface area contributed by atoms with Gasteiger partial charge in [-0.3, -0.25) is 4.90 Å². The molecular weight excluding hydrogens is 208 g/mol. The fraction of sp³-hybridized carbons (Fsp3) is 0.867.